The Morgan fingerprint density at radius 3 is 2.81 bits per heavy atom. The van der Waals surface area contributed by atoms with Crippen LogP contribution >= 0.6 is 15.9 Å². The fraction of sp³-hybridized carbons (Fsp3) is 0.385. The predicted octanol–water partition coefficient (Wildman–Crippen LogP) is 2.48. The number of benzene rings is 1. The number of hydrogen-bond donors (Lipinski definition) is 2. The summed E-state index contributed by atoms with van der Waals surface area (Å²) in [6, 6.07) is 7.61. The number of halogens is 1. The van der Waals surface area contributed by atoms with Crippen molar-refractivity contribution in [2.24, 2.45) is 0 Å². The zero-order valence-electron chi connectivity index (χ0n) is 9.50. The van der Waals surface area contributed by atoms with E-state index in [1.807, 2.05) is 38.1 Å². The molecule has 0 aliphatic rings. The smallest absolute Gasteiger partial charge is 0.0915 e. The van der Waals surface area contributed by atoms with Crippen LogP contribution in [-0.4, -0.2) is 17.2 Å². The van der Waals surface area contributed by atoms with E-state index in [2.05, 4.69) is 27.2 Å². The number of hydrogen-bond acceptors (Lipinski definition) is 2. The molecule has 1 atom stereocenters. The van der Waals surface area contributed by atoms with Crippen LogP contribution in [-0.2, 0) is 0 Å². The van der Waals surface area contributed by atoms with Crippen LogP contribution in [0.15, 0.2) is 28.7 Å². The van der Waals surface area contributed by atoms with E-state index in [1.165, 1.54) is 0 Å². The highest BCUT2D eigenvalue weighted by Crippen LogP contribution is 2.18. The van der Waals surface area contributed by atoms with Crippen molar-refractivity contribution < 1.29 is 5.11 Å². The Labute approximate surface area is 105 Å². The van der Waals surface area contributed by atoms with Gasteiger partial charge in [0.25, 0.3) is 0 Å². The van der Waals surface area contributed by atoms with E-state index in [4.69, 9.17) is 6.42 Å². The molecule has 16 heavy (non-hydrogen) atoms. The van der Waals surface area contributed by atoms with Gasteiger partial charge in [0.15, 0.2) is 0 Å². The summed E-state index contributed by atoms with van der Waals surface area (Å²) in [7, 11) is 0. The molecule has 1 aromatic rings. The van der Waals surface area contributed by atoms with Crippen LogP contribution < -0.4 is 5.32 Å². The second-order valence-electron chi connectivity index (χ2n) is 4.22. The van der Waals surface area contributed by atoms with Crippen LogP contribution in [0.25, 0.3) is 0 Å². The van der Waals surface area contributed by atoms with E-state index in [0.717, 1.165) is 10.0 Å². The molecule has 2 N–H and O–H groups in total. The number of aliphatic hydroxyl groups is 1. The molecular weight excluding hydrogens is 266 g/mol. The predicted molar refractivity (Wildman–Crippen MR) is 70.0 cm³/mol. The van der Waals surface area contributed by atoms with Gasteiger partial charge in [0, 0.05) is 11.0 Å². The van der Waals surface area contributed by atoms with Crippen molar-refractivity contribution in [3.63, 3.8) is 0 Å². The van der Waals surface area contributed by atoms with Crippen LogP contribution in [0.2, 0.25) is 0 Å². The molecular formula is C13H16BrNO. The van der Waals surface area contributed by atoms with Crippen LogP contribution in [0.4, 0.5) is 0 Å². The first-order valence-electron chi connectivity index (χ1n) is 5.11. The number of aliphatic hydroxyl groups excluding tert-OH is 1. The van der Waals surface area contributed by atoms with Gasteiger partial charge in [-0.05, 0) is 31.5 Å². The first kappa shape index (κ1) is 13.2. The van der Waals surface area contributed by atoms with E-state index in [0.29, 0.717) is 6.54 Å². The molecule has 1 unspecified atom stereocenters. The van der Waals surface area contributed by atoms with Crippen molar-refractivity contribution in [3.05, 3.63) is 34.3 Å². The summed E-state index contributed by atoms with van der Waals surface area (Å²) in [4.78, 5) is 0. The fourth-order valence-electron chi connectivity index (χ4n) is 1.23. The maximum atomic E-state index is 9.95. The van der Waals surface area contributed by atoms with E-state index in [9.17, 15) is 5.11 Å². The number of β-amino-alcohol motifs (C(OH)–C–C–N with tert-alkyl or cyclic N) is 1. The van der Waals surface area contributed by atoms with Crippen molar-refractivity contribution in [2.75, 3.05) is 6.54 Å². The quantitative estimate of drug-likeness (QED) is 0.832. The zero-order chi connectivity index (χ0) is 12.2. The summed E-state index contributed by atoms with van der Waals surface area (Å²) in [6.07, 6.45) is 4.80. The average Bonchev–Trinajstić information content (AvgIpc) is 2.26. The van der Waals surface area contributed by atoms with Crippen LogP contribution in [0.1, 0.15) is 25.5 Å². The summed E-state index contributed by atoms with van der Waals surface area (Å²) >= 11 is 3.37. The summed E-state index contributed by atoms with van der Waals surface area (Å²) < 4.78 is 0.959. The lowest BCUT2D eigenvalue weighted by atomic mass is 10.1. The lowest BCUT2D eigenvalue weighted by molar-refractivity contribution is 0.167. The van der Waals surface area contributed by atoms with Crippen LogP contribution in [0.5, 0.6) is 0 Å². The lowest BCUT2D eigenvalue weighted by Crippen LogP contribution is -2.40. The Kier molecular flexibility index (Phi) is 4.55. The molecule has 0 aliphatic heterocycles. The highest BCUT2D eigenvalue weighted by atomic mass is 79.9. The summed E-state index contributed by atoms with van der Waals surface area (Å²) in [6.45, 7) is 4.24. The van der Waals surface area contributed by atoms with E-state index in [-0.39, 0.29) is 0 Å². The Morgan fingerprint density at radius 2 is 2.25 bits per heavy atom. The topological polar surface area (TPSA) is 32.3 Å². The average molecular weight is 282 g/mol. The molecule has 0 aromatic heterocycles. The molecule has 0 radical (unpaired) electrons. The number of terminal acetylenes is 1. The molecule has 0 saturated carbocycles. The molecule has 0 bridgehead atoms. The molecule has 0 aliphatic carbocycles. The molecule has 86 valence electrons. The Hall–Kier alpha value is -0.820. The van der Waals surface area contributed by atoms with E-state index >= 15 is 0 Å². The van der Waals surface area contributed by atoms with Crippen molar-refractivity contribution in [1.29, 1.82) is 0 Å². The Balaban J connectivity index is 2.60. The molecule has 1 aromatic carbocycles. The van der Waals surface area contributed by atoms with Crippen LogP contribution in [0.3, 0.4) is 0 Å². The number of nitrogens with one attached hydrogen (secondary N) is 1. The van der Waals surface area contributed by atoms with Gasteiger partial charge < -0.3 is 5.11 Å². The standard InChI is InChI=1S/C13H16BrNO/c1-4-13(2,3)15-9-12(16)10-6-5-7-11(14)8-10/h1,5-8,12,15-16H,9H2,2-3H3. The monoisotopic (exact) mass is 281 g/mol. The van der Waals surface area contributed by atoms with Crippen molar-refractivity contribution in [3.8, 4) is 12.3 Å². The van der Waals surface area contributed by atoms with Gasteiger partial charge in [-0.1, -0.05) is 34.0 Å². The molecule has 2 nitrogen and oxygen atoms in total. The van der Waals surface area contributed by atoms with Gasteiger partial charge in [0.05, 0.1) is 11.6 Å². The Bertz CT molecular complexity index is 395. The van der Waals surface area contributed by atoms with Gasteiger partial charge in [-0.25, -0.2) is 0 Å². The summed E-state index contributed by atoms with van der Waals surface area (Å²) in [5.74, 6) is 2.63. The SMILES string of the molecule is C#CC(C)(C)NCC(O)c1cccc(Br)c1. The maximum Gasteiger partial charge on any atom is 0.0915 e. The molecule has 0 fully saturated rings. The molecule has 1 rings (SSSR count). The minimum absolute atomic E-state index is 0.396. The third kappa shape index (κ3) is 3.97. The second kappa shape index (κ2) is 5.49. The van der Waals surface area contributed by atoms with Gasteiger partial charge in [0.2, 0.25) is 0 Å². The van der Waals surface area contributed by atoms with Gasteiger partial charge >= 0.3 is 0 Å². The number of rotatable bonds is 4. The first-order chi connectivity index (χ1) is 7.44. The minimum Gasteiger partial charge on any atom is -0.387 e. The van der Waals surface area contributed by atoms with Crippen molar-refractivity contribution >= 4 is 15.9 Å². The van der Waals surface area contributed by atoms with Crippen molar-refractivity contribution in [2.45, 2.75) is 25.5 Å². The van der Waals surface area contributed by atoms with Gasteiger partial charge in [-0.15, -0.1) is 6.42 Å². The second-order valence-corrected chi connectivity index (χ2v) is 5.14. The highest BCUT2D eigenvalue weighted by Gasteiger charge is 2.15. The van der Waals surface area contributed by atoms with Gasteiger partial charge in [-0.3, -0.25) is 5.32 Å². The van der Waals surface area contributed by atoms with Gasteiger partial charge in [-0.2, -0.15) is 0 Å². The third-order valence-corrected chi connectivity index (χ3v) is 2.82. The summed E-state index contributed by atoms with van der Waals surface area (Å²) in [5.41, 5.74) is 0.474. The molecule has 0 saturated heterocycles. The largest absolute Gasteiger partial charge is 0.387 e. The fourth-order valence-corrected chi connectivity index (χ4v) is 1.65. The van der Waals surface area contributed by atoms with E-state index < -0.39 is 11.6 Å². The normalized spacial score (nSPS) is 13.2. The molecule has 0 heterocycles. The van der Waals surface area contributed by atoms with E-state index in [1.54, 1.807) is 0 Å². The lowest BCUT2D eigenvalue weighted by Gasteiger charge is -2.22. The minimum atomic E-state index is -0.551. The zero-order valence-corrected chi connectivity index (χ0v) is 11.1. The highest BCUT2D eigenvalue weighted by molar-refractivity contribution is 9.10. The maximum absolute atomic E-state index is 9.95. The molecule has 3 heteroatoms. The van der Waals surface area contributed by atoms with Crippen LogP contribution in [0, 0.1) is 12.3 Å². The first-order valence-corrected chi connectivity index (χ1v) is 5.90. The molecule has 0 spiro atoms. The van der Waals surface area contributed by atoms with Gasteiger partial charge in [0.1, 0.15) is 0 Å². The third-order valence-electron chi connectivity index (χ3n) is 2.33. The van der Waals surface area contributed by atoms with Crippen molar-refractivity contribution in [1.82, 2.24) is 5.32 Å². The molecule has 0 amide bonds. The summed E-state index contributed by atoms with van der Waals surface area (Å²) in [5, 5.41) is 13.1. The Morgan fingerprint density at radius 1 is 1.56 bits per heavy atom.